The average molecular weight is 618 g/mol. The molecule has 1 fully saturated rings. The number of nitrogens with two attached hydrogens (primary N) is 1. The number of ether oxygens (including phenoxy) is 1. The largest absolute Gasteiger partial charge is 0.378 e. The molecule has 0 aromatic heterocycles. The van der Waals surface area contributed by atoms with Gasteiger partial charge in [0.15, 0.2) is 9.84 Å². The van der Waals surface area contributed by atoms with Gasteiger partial charge in [-0.25, -0.2) is 14.3 Å². The fourth-order valence-electron chi connectivity index (χ4n) is 3.77. The quantitative estimate of drug-likeness (QED) is 0.245. The normalized spacial score (nSPS) is 19.0. The molecule has 0 radical (unpaired) electrons. The Morgan fingerprint density at radius 2 is 1.84 bits per heavy atom. The minimum Gasteiger partial charge on any atom is -0.378 e. The lowest BCUT2D eigenvalue weighted by Crippen LogP contribution is -2.46. The van der Waals surface area contributed by atoms with Crippen LogP contribution < -0.4 is 10.9 Å². The summed E-state index contributed by atoms with van der Waals surface area (Å²) in [6.07, 6.45) is 0. The van der Waals surface area contributed by atoms with Crippen LogP contribution in [0, 0.1) is 0 Å². The molecule has 0 saturated carbocycles. The lowest BCUT2D eigenvalue weighted by atomic mass is 10.0. The van der Waals surface area contributed by atoms with E-state index >= 15 is 0 Å². The Hall–Kier alpha value is -1.47. The number of sulfone groups is 1. The summed E-state index contributed by atoms with van der Waals surface area (Å²) >= 11 is 5.47. The van der Waals surface area contributed by atoms with E-state index in [9.17, 15) is 13.2 Å². The van der Waals surface area contributed by atoms with E-state index in [4.69, 9.17) is 10.6 Å². The molecule has 1 unspecified atom stereocenters. The second-order valence-electron chi connectivity index (χ2n) is 7.28. The summed E-state index contributed by atoms with van der Waals surface area (Å²) in [5.74, 6) is 6.15. The summed E-state index contributed by atoms with van der Waals surface area (Å²) in [5.41, 5.74) is 2.20. The van der Waals surface area contributed by atoms with E-state index in [-0.39, 0.29) is 16.6 Å². The van der Waals surface area contributed by atoms with Crippen molar-refractivity contribution in [2.24, 2.45) is 5.84 Å². The maximum absolute atomic E-state index is 13.3. The molecular weight excluding hydrogens is 597 g/mol. The molecule has 0 spiro atoms. The summed E-state index contributed by atoms with van der Waals surface area (Å²) in [7, 11) is -3.63. The number of hydrogen-bond donors (Lipinski definition) is 1. The van der Waals surface area contributed by atoms with Crippen molar-refractivity contribution >= 4 is 65.6 Å². The van der Waals surface area contributed by atoms with Crippen LogP contribution >= 0.6 is 38.5 Å². The molecule has 2 aliphatic rings. The second-order valence-corrected chi connectivity index (χ2v) is 11.4. The van der Waals surface area contributed by atoms with Gasteiger partial charge < -0.3 is 9.64 Å². The van der Waals surface area contributed by atoms with Crippen molar-refractivity contribution in [3.05, 3.63) is 64.1 Å². The van der Waals surface area contributed by atoms with Crippen molar-refractivity contribution in [2.75, 3.05) is 37.1 Å². The number of nitrogens with zero attached hydrogens (tertiary/aromatic N) is 2. The van der Waals surface area contributed by atoms with Gasteiger partial charge in [-0.05, 0) is 35.9 Å². The van der Waals surface area contributed by atoms with E-state index < -0.39 is 13.8 Å². The standard InChI is InChI=1S/C21H21BrIN3O4S/c22-14-6-7-18-16(12-14)20(26(24)15-4-2-1-3-5-15)17(13-31(18,28)29)19(23)21(27)25-8-10-30-11-9-25/h1-7,12,19H,8-11,13,24H2. The molecule has 2 aromatic carbocycles. The van der Waals surface area contributed by atoms with Gasteiger partial charge in [0.1, 0.15) is 3.92 Å². The van der Waals surface area contributed by atoms with E-state index in [0.717, 1.165) is 4.47 Å². The molecule has 2 N–H and O–H groups in total. The molecule has 2 aliphatic heterocycles. The number of hydrogen-bond acceptors (Lipinski definition) is 6. The van der Waals surface area contributed by atoms with Crippen molar-refractivity contribution in [1.82, 2.24) is 4.90 Å². The van der Waals surface area contributed by atoms with Crippen LogP contribution in [0.4, 0.5) is 5.69 Å². The van der Waals surface area contributed by atoms with Crippen LogP contribution in [0.5, 0.6) is 0 Å². The van der Waals surface area contributed by atoms with Crippen molar-refractivity contribution in [3.63, 3.8) is 0 Å². The third kappa shape index (κ3) is 4.54. The van der Waals surface area contributed by atoms with E-state index in [1.54, 1.807) is 23.1 Å². The Morgan fingerprint density at radius 1 is 1.16 bits per heavy atom. The lowest BCUT2D eigenvalue weighted by Gasteiger charge is -2.34. The molecule has 1 atom stereocenters. The number of carbonyl (C=O) groups excluding carboxylic acids is 1. The monoisotopic (exact) mass is 617 g/mol. The Balaban J connectivity index is 1.88. The minimum absolute atomic E-state index is 0.133. The number of halogens is 2. The molecule has 7 nitrogen and oxygen atoms in total. The highest BCUT2D eigenvalue weighted by atomic mass is 127. The number of benzene rings is 2. The zero-order chi connectivity index (χ0) is 22.2. The number of amides is 1. The predicted molar refractivity (Wildman–Crippen MR) is 131 cm³/mol. The smallest absolute Gasteiger partial charge is 0.239 e. The topological polar surface area (TPSA) is 92.9 Å². The van der Waals surface area contributed by atoms with Crippen molar-refractivity contribution in [2.45, 2.75) is 8.82 Å². The van der Waals surface area contributed by atoms with Gasteiger partial charge in [0.2, 0.25) is 5.91 Å². The highest BCUT2D eigenvalue weighted by Crippen LogP contribution is 2.40. The highest BCUT2D eigenvalue weighted by Gasteiger charge is 2.38. The molecule has 4 rings (SSSR count). The predicted octanol–water partition coefficient (Wildman–Crippen LogP) is 2.99. The zero-order valence-electron chi connectivity index (χ0n) is 16.5. The van der Waals surface area contributed by atoms with Crippen LogP contribution in [0.3, 0.4) is 0 Å². The number of anilines is 1. The van der Waals surface area contributed by atoms with Gasteiger partial charge in [-0.2, -0.15) is 0 Å². The van der Waals surface area contributed by atoms with Crippen LogP contribution in [0.25, 0.3) is 5.70 Å². The van der Waals surface area contributed by atoms with Crippen LogP contribution in [-0.2, 0) is 19.4 Å². The Labute approximate surface area is 203 Å². The Bertz CT molecular complexity index is 1130. The number of alkyl halides is 1. The van der Waals surface area contributed by atoms with E-state index in [1.807, 2.05) is 52.9 Å². The number of fused-ring (bicyclic) bond motifs is 1. The fourth-order valence-corrected chi connectivity index (χ4v) is 6.97. The van der Waals surface area contributed by atoms with Crippen LogP contribution in [0.15, 0.2) is 63.5 Å². The number of morpholine rings is 1. The van der Waals surface area contributed by atoms with E-state index in [1.165, 1.54) is 5.01 Å². The van der Waals surface area contributed by atoms with Gasteiger partial charge in [0.25, 0.3) is 0 Å². The third-order valence-electron chi connectivity index (χ3n) is 5.30. The van der Waals surface area contributed by atoms with Crippen molar-refractivity contribution in [3.8, 4) is 0 Å². The summed E-state index contributed by atoms with van der Waals surface area (Å²) in [4.78, 5) is 15.2. The third-order valence-corrected chi connectivity index (χ3v) is 8.80. The first-order chi connectivity index (χ1) is 14.8. The summed E-state index contributed by atoms with van der Waals surface area (Å²) in [5, 5.41) is 1.48. The molecule has 2 aromatic rings. The maximum Gasteiger partial charge on any atom is 0.239 e. The lowest BCUT2D eigenvalue weighted by molar-refractivity contribution is -0.133. The number of carbonyl (C=O) groups is 1. The number of hydrazine groups is 1. The van der Waals surface area contributed by atoms with Gasteiger partial charge in [0, 0.05) is 23.1 Å². The van der Waals surface area contributed by atoms with Crippen LogP contribution in [-0.4, -0.2) is 55.2 Å². The molecule has 31 heavy (non-hydrogen) atoms. The molecule has 1 amide bonds. The van der Waals surface area contributed by atoms with E-state index in [2.05, 4.69) is 15.9 Å². The molecule has 2 heterocycles. The molecule has 10 heteroatoms. The SMILES string of the molecule is NN(C1=C(C(I)C(=O)N2CCOCC2)CS(=O)(=O)c2ccc(Br)cc21)c1ccccc1. The molecule has 0 bridgehead atoms. The summed E-state index contributed by atoms with van der Waals surface area (Å²) in [6.45, 7) is 1.92. The molecule has 1 saturated heterocycles. The second kappa shape index (κ2) is 9.18. The highest BCUT2D eigenvalue weighted by molar-refractivity contribution is 14.1. The maximum atomic E-state index is 13.3. The molecule has 164 valence electrons. The van der Waals surface area contributed by atoms with Crippen molar-refractivity contribution in [1.29, 1.82) is 0 Å². The summed E-state index contributed by atoms with van der Waals surface area (Å²) < 4.78 is 31.7. The van der Waals surface area contributed by atoms with Gasteiger partial charge in [-0.15, -0.1) is 0 Å². The van der Waals surface area contributed by atoms with Gasteiger partial charge in [-0.1, -0.05) is 56.7 Å². The first-order valence-corrected chi connectivity index (χ1v) is 13.3. The minimum atomic E-state index is -3.63. The Kier molecular flexibility index (Phi) is 6.73. The number of para-hydroxylation sites is 1. The first-order valence-electron chi connectivity index (χ1n) is 9.66. The van der Waals surface area contributed by atoms with Crippen molar-refractivity contribution < 1.29 is 17.9 Å². The first kappa shape index (κ1) is 22.7. The number of rotatable bonds is 4. The van der Waals surface area contributed by atoms with Gasteiger partial charge in [0.05, 0.1) is 35.2 Å². The fraction of sp³-hybridized carbons (Fsp3) is 0.286. The van der Waals surface area contributed by atoms with Gasteiger partial charge >= 0.3 is 0 Å². The van der Waals surface area contributed by atoms with Crippen LogP contribution in [0.1, 0.15) is 5.56 Å². The zero-order valence-corrected chi connectivity index (χ0v) is 21.1. The molecular formula is C21H21BrIN3O4S. The van der Waals surface area contributed by atoms with Crippen LogP contribution in [0.2, 0.25) is 0 Å². The Morgan fingerprint density at radius 3 is 2.52 bits per heavy atom. The average Bonchev–Trinajstić information content (AvgIpc) is 2.78. The molecule has 0 aliphatic carbocycles. The van der Waals surface area contributed by atoms with Gasteiger partial charge in [-0.3, -0.25) is 9.80 Å². The van der Waals surface area contributed by atoms with E-state index in [0.29, 0.717) is 48.8 Å². The summed E-state index contributed by atoms with van der Waals surface area (Å²) in [6, 6.07) is 14.3.